The van der Waals surface area contributed by atoms with Crippen LogP contribution in [-0.4, -0.2) is 33.7 Å². The lowest BCUT2D eigenvalue weighted by Gasteiger charge is -2.32. The Kier molecular flexibility index (Phi) is 4.18. The second kappa shape index (κ2) is 6.25. The molecule has 0 unspecified atom stereocenters. The molecule has 0 atom stereocenters. The average molecular weight is 305 g/mol. The maximum Gasteiger partial charge on any atom is 0.259 e. The summed E-state index contributed by atoms with van der Waals surface area (Å²) in [5.41, 5.74) is -0.451. The molecule has 4 nitrogen and oxygen atoms in total. The molecule has 0 bridgehead atoms. The number of carbonyl (C=O) groups excluding carboxylic acids is 1. The molecule has 2 heterocycles. The molecule has 3 rings (SSSR count). The van der Waals surface area contributed by atoms with Gasteiger partial charge in [0, 0.05) is 32.0 Å². The number of piperidine rings is 1. The van der Waals surface area contributed by atoms with Crippen molar-refractivity contribution in [2.45, 2.75) is 19.4 Å². The van der Waals surface area contributed by atoms with Gasteiger partial charge in [-0.3, -0.25) is 9.48 Å². The molecule has 1 aromatic carbocycles. The first-order valence-electron chi connectivity index (χ1n) is 7.36. The third-order valence-electron chi connectivity index (χ3n) is 4.08. The Morgan fingerprint density at radius 2 is 1.86 bits per heavy atom. The van der Waals surface area contributed by atoms with Crippen LogP contribution in [0, 0.1) is 17.6 Å². The molecular formula is C16H17F2N3O. The van der Waals surface area contributed by atoms with E-state index in [1.54, 1.807) is 6.20 Å². The highest BCUT2D eigenvalue weighted by Crippen LogP contribution is 2.22. The van der Waals surface area contributed by atoms with Crippen LogP contribution in [0.4, 0.5) is 8.78 Å². The maximum atomic E-state index is 13.7. The fraction of sp³-hybridized carbons (Fsp3) is 0.375. The van der Waals surface area contributed by atoms with Crippen molar-refractivity contribution in [1.82, 2.24) is 14.7 Å². The molecule has 22 heavy (non-hydrogen) atoms. The molecule has 1 aliphatic heterocycles. The van der Waals surface area contributed by atoms with Crippen molar-refractivity contribution in [3.05, 3.63) is 53.9 Å². The normalized spacial score (nSPS) is 16.0. The highest BCUT2D eigenvalue weighted by atomic mass is 19.1. The molecule has 1 saturated heterocycles. The second-order valence-corrected chi connectivity index (χ2v) is 5.56. The SMILES string of the molecule is O=C(c1c(F)cccc1F)N1CCC(Cn2cccn2)CC1. The van der Waals surface area contributed by atoms with Crippen molar-refractivity contribution < 1.29 is 13.6 Å². The van der Waals surface area contributed by atoms with Crippen LogP contribution < -0.4 is 0 Å². The van der Waals surface area contributed by atoms with E-state index in [-0.39, 0.29) is 0 Å². The summed E-state index contributed by atoms with van der Waals surface area (Å²) >= 11 is 0. The van der Waals surface area contributed by atoms with E-state index in [0.29, 0.717) is 19.0 Å². The zero-order chi connectivity index (χ0) is 15.5. The number of amides is 1. The van der Waals surface area contributed by atoms with Crippen molar-refractivity contribution >= 4 is 5.91 Å². The first-order valence-corrected chi connectivity index (χ1v) is 7.36. The van der Waals surface area contributed by atoms with Gasteiger partial charge in [-0.2, -0.15) is 5.10 Å². The largest absolute Gasteiger partial charge is 0.338 e. The van der Waals surface area contributed by atoms with Crippen LogP contribution in [0.3, 0.4) is 0 Å². The van der Waals surface area contributed by atoms with E-state index in [9.17, 15) is 13.6 Å². The number of halogens is 2. The van der Waals surface area contributed by atoms with Crippen LogP contribution in [0.5, 0.6) is 0 Å². The number of aromatic nitrogens is 2. The summed E-state index contributed by atoms with van der Waals surface area (Å²) in [5.74, 6) is -1.74. The van der Waals surface area contributed by atoms with Crippen LogP contribution >= 0.6 is 0 Å². The van der Waals surface area contributed by atoms with Crippen molar-refractivity contribution in [2.24, 2.45) is 5.92 Å². The highest BCUT2D eigenvalue weighted by molar-refractivity contribution is 5.94. The summed E-state index contributed by atoms with van der Waals surface area (Å²) in [5, 5.41) is 4.17. The van der Waals surface area contributed by atoms with Gasteiger partial charge in [0.1, 0.15) is 17.2 Å². The lowest BCUT2D eigenvalue weighted by atomic mass is 9.96. The summed E-state index contributed by atoms with van der Waals surface area (Å²) in [6.07, 6.45) is 5.26. The quantitative estimate of drug-likeness (QED) is 0.874. The van der Waals surface area contributed by atoms with Crippen molar-refractivity contribution in [3.63, 3.8) is 0 Å². The Balaban J connectivity index is 1.62. The summed E-state index contributed by atoms with van der Waals surface area (Å²) in [7, 11) is 0. The zero-order valence-electron chi connectivity index (χ0n) is 12.1. The fourth-order valence-electron chi connectivity index (χ4n) is 2.85. The number of benzene rings is 1. The van der Waals surface area contributed by atoms with Gasteiger partial charge in [-0.15, -0.1) is 0 Å². The molecular weight excluding hydrogens is 288 g/mol. The number of hydrogen-bond donors (Lipinski definition) is 0. The van der Waals surface area contributed by atoms with Crippen LogP contribution in [0.1, 0.15) is 23.2 Å². The van der Waals surface area contributed by atoms with Gasteiger partial charge < -0.3 is 4.90 Å². The van der Waals surface area contributed by atoms with Gasteiger partial charge in [0.25, 0.3) is 5.91 Å². The van der Waals surface area contributed by atoms with E-state index in [1.807, 2.05) is 16.9 Å². The average Bonchev–Trinajstić information content (AvgIpc) is 3.00. The van der Waals surface area contributed by atoms with Gasteiger partial charge in [-0.05, 0) is 37.0 Å². The van der Waals surface area contributed by atoms with E-state index in [4.69, 9.17) is 0 Å². The molecule has 0 spiro atoms. The molecule has 0 saturated carbocycles. The van der Waals surface area contributed by atoms with E-state index in [2.05, 4.69) is 5.10 Å². The molecule has 2 aromatic rings. The number of rotatable bonds is 3. The van der Waals surface area contributed by atoms with Gasteiger partial charge in [-0.25, -0.2) is 8.78 Å². The predicted octanol–water partition coefficient (Wildman–Crippen LogP) is 2.71. The zero-order valence-corrected chi connectivity index (χ0v) is 12.1. The number of likely N-dealkylation sites (tertiary alicyclic amines) is 1. The molecule has 1 amide bonds. The molecule has 1 aliphatic rings. The Labute approximate surface area is 127 Å². The number of hydrogen-bond acceptors (Lipinski definition) is 2. The minimum Gasteiger partial charge on any atom is -0.338 e. The van der Waals surface area contributed by atoms with Gasteiger partial charge in [-0.1, -0.05) is 6.07 Å². The summed E-state index contributed by atoms with van der Waals surface area (Å²) in [6.45, 7) is 1.83. The Morgan fingerprint density at radius 3 is 2.45 bits per heavy atom. The topological polar surface area (TPSA) is 38.1 Å². The minimum absolute atomic E-state index is 0.425. The number of carbonyl (C=O) groups is 1. The van der Waals surface area contributed by atoms with Gasteiger partial charge in [0.2, 0.25) is 0 Å². The Bertz CT molecular complexity index is 629. The predicted molar refractivity (Wildman–Crippen MR) is 77.2 cm³/mol. The molecule has 116 valence electrons. The Hall–Kier alpha value is -2.24. The van der Waals surface area contributed by atoms with Crippen LogP contribution in [0.25, 0.3) is 0 Å². The highest BCUT2D eigenvalue weighted by Gasteiger charge is 2.27. The lowest BCUT2D eigenvalue weighted by Crippen LogP contribution is -2.40. The standard InChI is InChI=1S/C16H17F2N3O/c17-13-3-1-4-14(18)15(13)16(22)20-9-5-12(6-10-20)11-21-8-2-7-19-21/h1-4,7-8,12H,5-6,9-11H2. The monoisotopic (exact) mass is 305 g/mol. The van der Waals surface area contributed by atoms with Crippen LogP contribution in [0.2, 0.25) is 0 Å². The molecule has 6 heteroatoms. The fourth-order valence-corrected chi connectivity index (χ4v) is 2.85. The van der Waals surface area contributed by atoms with E-state index in [1.165, 1.54) is 11.0 Å². The van der Waals surface area contributed by atoms with Gasteiger partial charge in [0.05, 0.1) is 0 Å². The van der Waals surface area contributed by atoms with Gasteiger partial charge in [0.15, 0.2) is 0 Å². The minimum atomic E-state index is -0.802. The first kappa shape index (κ1) is 14.7. The van der Waals surface area contributed by atoms with E-state index in [0.717, 1.165) is 31.5 Å². The molecule has 0 aliphatic carbocycles. The molecule has 1 aromatic heterocycles. The lowest BCUT2D eigenvalue weighted by molar-refractivity contribution is 0.0671. The maximum absolute atomic E-state index is 13.7. The number of nitrogens with zero attached hydrogens (tertiary/aromatic N) is 3. The third-order valence-corrected chi connectivity index (χ3v) is 4.08. The first-order chi connectivity index (χ1) is 10.6. The molecule has 0 radical (unpaired) electrons. The smallest absolute Gasteiger partial charge is 0.259 e. The van der Waals surface area contributed by atoms with Crippen molar-refractivity contribution in [3.8, 4) is 0 Å². The Morgan fingerprint density at radius 1 is 1.18 bits per heavy atom. The summed E-state index contributed by atoms with van der Waals surface area (Å²) < 4.78 is 29.2. The van der Waals surface area contributed by atoms with Crippen molar-refractivity contribution in [1.29, 1.82) is 0 Å². The molecule has 0 N–H and O–H groups in total. The van der Waals surface area contributed by atoms with E-state index >= 15 is 0 Å². The van der Waals surface area contributed by atoms with E-state index < -0.39 is 23.1 Å². The summed E-state index contributed by atoms with van der Waals surface area (Å²) in [4.78, 5) is 13.8. The second-order valence-electron chi connectivity index (χ2n) is 5.56. The molecule has 1 fully saturated rings. The van der Waals surface area contributed by atoms with Crippen molar-refractivity contribution in [2.75, 3.05) is 13.1 Å². The van der Waals surface area contributed by atoms with Crippen LogP contribution in [0.15, 0.2) is 36.7 Å². The van der Waals surface area contributed by atoms with Crippen LogP contribution in [-0.2, 0) is 6.54 Å². The third kappa shape index (κ3) is 3.00. The summed E-state index contributed by atoms with van der Waals surface area (Å²) in [6, 6.07) is 5.36. The van der Waals surface area contributed by atoms with Gasteiger partial charge >= 0.3 is 0 Å².